The van der Waals surface area contributed by atoms with Crippen molar-refractivity contribution in [2.45, 2.75) is 0 Å². The molecule has 1 heterocycles. The van der Waals surface area contributed by atoms with E-state index < -0.39 is 0 Å². The molecular formula is C16H12ClNO2. The molecule has 1 aromatic heterocycles. The normalized spacial score (nSPS) is 10.7. The van der Waals surface area contributed by atoms with Crippen molar-refractivity contribution in [3.63, 3.8) is 0 Å². The second kappa shape index (κ2) is 5.02. The summed E-state index contributed by atoms with van der Waals surface area (Å²) in [5.74, 6) is 0.779. The molecule has 0 atom stereocenters. The smallest absolute Gasteiger partial charge is 0.141 e. The molecule has 0 aliphatic heterocycles. The van der Waals surface area contributed by atoms with Crippen LogP contribution in [-0.2, 0) is 0 Å². The molecule has 100 valence electrons. The van der Waals surface area contributed by atoms with E-state index in [2.05, 4.69) is 4.98 Å². The van der Waals surface area contributed by atoms with E-state index in [1.165, 1.54) is 0 Å². The quantitative estimate of drug-likeness (QED) is 0.715. The Kier molecular flexibility index (Phi) is 3.20. The van der Waals surface area contributed by atoms with Gasteiger partial charge in [-0.15, -0.1) is 0 Å². The first-order chi connectivity index (χ1) is 9.70. The van der Waals surface area contributed by atoms with Crippen molar-refractivity contribution >= 4 is 22.5 Å². The third-order valence-electron chi connectivity index (χ3n) is 3.14. The first-order valence-corrected chi connectivity index (χ1v) is 6.50. The van der Waals surface area contributed by atoms with Crippen LogP contribution in [0.25, 0.3) is 22.0 Å². The summed E-state index contributed by atoms with van der Waals surface area (Å²) in [5, 5.41) is 10.8. The van der Waals surface area contributed by atoms with Crippen LogP contribution < -0.4 is 4.74 Å². The van der Waals surface area contributed by atoms with Gasteiger partial charge in [0, 0.05) is 5.39 Å². The van der Waals surface area contributed by atoms with Crippen LogP contribution in [0.2, 0.25) is 5.15 Å². The molecule has 0 radical (unpaired) electrons. The van der Waals surface area contributed by atoms with Crippen LogP contribution in [0.4, 0.5) is 0 Å². The number of halogens is 1. The highest BCUT2D eigenvalue weighted by molar-refractivity contribution is 6.33. The van der Waals surface area contributed by atoms with Gasteiger partial charge < -0.3 is 9.84 Å². The van der Waals surface area contributed by atoms with Crippen molar-refractivity contribution in [2.24, 2.45) is 0 Å². The fraction of sp³-hybridized carbons (Fsp3) is 0.0625. The van der Waals surface area contributed by atoms with Gasteiger partial charge in [0.15, 0.2) is 0 Å². The van der Waals surface area contributed by atoms with Crippen molar-refractivity contribution in [1.29, 1.82) is 0 Å². The topological polar surface area (TPSA) is 42.4 Å². The summed E-state index contributed by atoms with van der Waals surface area (Å²) < 4.78 is 5.51. The molecule has 1 N–H and O–H groups in total. The van der Waals surface area contributed by atoms with Crippen molar-refractivity contribution in [3.8, 4) is 22.6 Å². The molecule has 0 aliphatic carbocycles. The van der Waals surface area contributed by atoms with Crippen molar-refractivity contribution in [1.82, 2.24) is 4.98 Å². The standard InChI is InChI=1S/C16H12ClNO2/c1-20-15-12-9-11(19)7-8-13(12)18-16(17)14(15)10-5-3-2-4-6-10/h2-9,19H,1H3. The number of benzene rings is 2. The van der Waals surface area contributed by atoms with Crippen LogP contribution >= 0.6 is 11.6 Å². The number of pyridine rings is 1. The summed E-state index contributed by atoms with van der Waals surface area (Å²) in [6.45, 7) is 0. The second-order valence-electron chi connectivity index (χ2n) is 4.38. The zero-order valence-corrected chi connectivity index (χ0v) is 11.6. The number of hydrogen-bond donors (Lipinski definition) is 1. The minimum Gasteiger partial charge on any atom is -0.508 e. The van der Waals surface area contributed by atoms with E-state index >= 15 is 0 Å². The molecule has 3 nitrogen and oxygen atoms in total. The van der Waals surface area contributed by atoms with Gasteiger partial charge in [0.1, 0.15) is 16.7 Å². The highest BCUT2D eigenvalue weighted by atomic mass is 35.5. The van der Waals surface area contributed by atoms with Gasteiger partial charge in [-0.3, -0.25) is 0 Å². The van der Waals surface area contributed by atoms with Gasteiger partial charge in [-0.1, -0.05) is 41.9 Å². The molecule has 3 rings (SSSR count). The molecule has 0 bridgehead atoms. The third-order valence-corrected chi connectivity index (χ3v) is 3.42. The van der Waals surface area contributed by atoms with Gasteiger partial charge in [0.05, 0.1) is 18.2 Å². The summed E-state index contributed by atoms with van der Waals surface area (Å²) in [6, 6.07) is 14.6. The maximum Gasteiger partial charge on any atom is 0.141 e. The van der Waals surface area contributed by atoms with Gasteiger partial charge >= 0.3 is 0 Å². The van der Waals surface area contributed by atoms with Gasteiger partial charge in [-0.25, -0.2) is 4.98 Å². The summed E-state index contributed by atoms with van der Waals surface area (Å²) in [7, 11) is 1.58. The summed E-state index contributed by atoms with van der Waals surface area (Å²) in [5.41, 5.74) is 2.34. The second-order valence-corrected chi connectivity index (χ2v) is 4.74. The minimum atomic E-state index is 0.166. The zero-order valence-electron chi connectivity index (χ0n) is 10.8. The number of ether oxygens (including phenoxy) is 1. The number of methoxy groups -OCH3 is 1. The minimum absolute atomic E-state index is 0.166. The Bertz CT molecular complexity index is 772. The number of phenolic OH excluding ortho intramolecular Hbond substituents is 1. The SMILES string of the molecule is COc1c(-c2ccccc2)c(Cl)nc2ccc(O)cc12. The number of fused-ring (bicyclic) bond motifs is 1. The monoisotopic (exact) mass is 285 g/mol. The van der Waals surface area contributed by atoms with E-state index in [4.69, 9.17) is 16.3 Å². The summed E-state index contributed by atoms with van der Waals surface area (Å²) in [4.78, 5) is 4.38. The average Bonchev–Trinajstić information content (AvgIpc) is 2.47. The Morgan fingerprint density at radius 2 is 1.85 bits per heavy atom. The lowest BCUT2D eigenvalue weighted by Crippen LogP contribution is -1.94. The molecule has 20 heavy (non-hydrogen) atoms. The Morgan fingerprint density at radius 1 is 1.10 bits per heavy atom. The van der Waals surface area contributed by atoms with E-state index in [0.717, 1.165) is 16.5 Å². The Morgan fingerprint density at radius 3 is 2.55 bits per heavy atom. The van der Waals surface area contributed by atoms with Gasteiger partial charge in [-0.05, 0) is 23.8 Å². The number of nitrogens with zero attached hydrogens (tertiary/aromatic N) is 1. The fourth-order valence-electron chi connectivity index (χ4n) is 2.26. The van der Waals surface area contributed by atoms with E-state index in [1.807, 2.05) is 30.3 Å². The first kappa shape index (κ1) is 12.8. The average molecular weight is 286 g/mol. The highest BCUT2D eigenvalue weighted by Gasteiger charge is 2.16. The third kappa shape index (κ3) is 2.06. The van der Waals surface area contributed by atoms with Gasteiger partial charge in [0.25, 0.3) is 0 Å². The molecule has 0 unspecified atom stereocenters. The van der Waals surface area contributed by atoms with E-state index in [9.17, 15) is 5.11 Å². The van der Waals surface area contributed by atoms with Crippen molar-refractivity contribution in [3.05, 3.63) is 53.7 Å². The molecule has 3 aromatic rings. The van der Waals surface area contributed by atoms with Crippen molar-refractivity contribution in [2.75, 3.05) is 7.11 Å². The van der Waals surface area contributed by atoms with Gasteiger partial charge in [0.2, 0.25) is 0 Å². The largest absolute Gasteiger partial charge is 0.508 e. The maximum absolute atomic E-state index is 9.66. The number of hydrogen-bond acceptors (Lipinski definition) is 3. The van der Waals surface area contributed by atoms with Crippen LogP contribution in [0.3, 0.4) is 0 Å². The van der Waals surface area contributed by atoms with Crippen LogP contribution in [0.1, 0.15) is 0 Å². The van der Waals surface area contributed by atoms with Gasteiger partial charge in [-0.2, -0.15) is 0 Å². The molecule has 0 saturated heterocycles. The number of aromatic hydroxyl groups is 1. The molecular weight excluding hydrogens is 274 g/mol. The lowest BCUT2D eigenvalue weighted by Gasteiger charge is -2.13. The highest BCUT2D eigenvalue weighted by Crippen LogP contribution is 2.41. The van der Waals surface area contributed by atoms with E-state index in [0.29, 0.717) is 16.4 Å². The first-order valence-electron chi connectivity index (χ1n) is 6.12. The number of aromatic nitrogens is 1. The Balaban J connectivity index is 2.39. The molecule has 0 fully saturated rings. The lowest BCUT2D eigenvalue weighted by molar-refractivity contribution is 0.420. The van der Waals surface area contributed by atoms with Crippen LogP contribution in [0.5, 0.6) is 11.5 Å². The predicted molar refractivity (Wildman–Crippen MR) is 80.4 cm³/mol. The van der Waals surface area contributed by atoms with Crippen molar-refractivity contribution < 1.29 is 9.84 Å². The summed E-state index contributed by atoms with van der Waals surface area (Å²) >= 11 is 6.31. The van der Waals surface area contributed by atoms with Crippen LogP contribution in [-0.4, -0.2) is 17.2 Å². The molecule has 0 spiro atoms. The fourth-order valence-corrected chi connectivity index (χ4v) is 2.55. The Labute approximate surface area is 121 Å². The van der Waals surface area contributed by atoms with E-state index in [-0.39, 0.29) is 5.75 Å². The molecule has 2 aromatic carbocycles. The number of phenols is 1. The number of rotatable bonds is 2. The maximum atomic E-state index is 9.66. The Hall–Kier alpha value is -2.26. The lowest BCUT2D eigenvalue weighted by atomic mass is 10.0. The van der Waals surface area contributed by atoms with Crippen LogP contribution in [0, 0.1) is 0 Å². The molecule has 0 saturated carbocycles. The zero-order chi connectivity index (χ0) is 14.1. The van der Waals surface area contributed by atoms with Crippen LogP contribution in [0.15, 0.2) is 48.5 Å². The van der Waals surface area contributed by atoms with E-state index in [1.54, 1.807) is 25.3 Å². The molecule has 4 heteroatoms. The summed E-state index contributed by atoms with van der Waals surface area (Å²) in [6.07, 6.45) is 0. The molecule has 0 amide bonds. The predicted octanol–water partition coefficient (Wildman–Crippen LogP) is 4.27. The molecule has 0 aliphatic rings.